The van der Waals surface area contributed by atoms with Crippen LogP contribution in [0.2, 0.25) is 0 Å². The normalized spacial score (nSPS) is 12.0. The third kappa shape index (κ3) is 5.00. The van der Waals surface area contributed by atoms with Gasteiger partial charge in [0.25, 0.3) is 0 Å². The number of rotatable bonds is 9. The van der Waals surface area contributed by atoms with Gasteiger partial charge in [-0.25, -0.2) is 0 Å². The first-order valence-electron chi connectivity index (χ1n) is 8.42. The smallest absolute Gasteiger partial charge is 0.122 e. The Bertz CT molecular complexity index is 598. The van der Waals surface area contributed by atoms with E-state index in [1.807, 2.05) is 37.3 Å². The summed E-state index contributed by atoms with van der Waals surface area (Å²) < 4.78 is 11.5. The van der Waals surface area contributed by atoms with Gasteiger partial charge in [-0.3, -0.25) is 0 Å². The van der Waals surface area contributed by atoms with Crippen LogP contribution in [0.15, 0.2) is 48.5 Å². The van der Waals surface area contributed by atoms with Gasteiger partial charge in [-0.05, 0) is 55.6 Å². The molecule has 0 saturated carbocycles. The van der Waals surface area contributed by atoms with E-state index >= 15 is 0 Å². The first-order chi connectivity index (χ1) is 11.3. The van der Waals surface area contributed by atoms with Crippen molar-refractivity contribution in [2.45, 2.75) is 32.6 Å². The summed E-state index contributed by atoms with van der Waals surface area (Å²) in [5, 5.41) is 0. The third-order valence-corrected chi connectivity index (χ3v) is 3.83. The van der Waals surface area contributed by atoms with E-state index in [0.29, 0.717) is 13.2 Å². The van der Waals surface area contributed by atoms with Crippen LogP contribution in [-0.4, -0.2) is 19.8 Å². The number of ether oxygens (including phenoxy) is 2. The van der Waals surface area contributed by atoms with Crippen LogP contribution in [0.5, 0.6) is 11.5 Å². The molecule has 0 radical (unpaired) electrons. The van der Waals surface area contributed by atoms with Crippen molar-refractivity contribution in [1.82, 2.24) is 0 Å². The van der Waals surface area contributed by atoms with Gasteiger partial charge in [0.05, 0.1) is 13.2 Å². The van der Waals surface area contributed by atoms with Crippen LogP contribution in [0, 0.1) is 0 Å². The lowest BCUT2D eigenvalue weighted by molar-refractivity contribution is 0.317. The highest BCUT2D eigenvalue weighted by Gasteiger charge is 2.14. The second-order valence-corrected chi connectivity index (χ2v) is 5.60. The van der Waals surface area contributed by atoms with Gasteiger partial charge >= 0.3 is 0 Å². The average molecular weight is 313 g/mol. The van der Waals surface area contributed by atoms with Crippen LogP contribution in [0.4, 0.5) is 0 Å². The Balaban J connectivity index is 2.17. The molecule has 1 atom stereocenters. The largest absolute Gasteiger partial charge is 0.494 e. The van der Waals surface area contributed by atoms with Crippen molar-refractivity contribution in [2.24, 2.45) is 5.73 Å². The molecule has 1 unspecified atom stereocenters. The molecule has 0 heterocycles. The third-order valence-electron chi connectivity index (χ3n) is 3.83. The first kappa shape index (κ1) is 17.4. The van der Waals surface area contributed by atoms with E-state index in [1.54, 1.807) is 0 Å². The molecule has 2 aromatic carbocycles. The van der Waals surface area contributed by atoms with E-state index in [2.05, 4.69) is 25.1 Å². The Kier molecular flexibility index (Phi) is 6.95. The van der Waals surface area contributed by atoms with Gasteiger partial charge in [-0.2, -0.15) is 0 Å². The van der Waals surface area contributed by atoms with Crippen LogP contribution in [0.1, 0.15) is 37.3 Å². The molecule has 0 fully saturated rings. The first-order valence-corrected chi connectivity index (χ1v) is 8.42. The summed E-state index contributed by atoms with van der Waals surface area (Å²) in [6.07, 6.45) is 1.87. The fourth-order valence-corrected chi connectivity index (χ4v) is 2.65. The van der Waals surface area contributed by atoms with Crippen LogP contribution in [0.25, 0.3) is 0 Å². The predicted octanol–water partition coefficient (Wildman–Crippen LogP) is 4.16. The quantitative estimate of drug-likeness (QED) is 0.756. The molecule has 0 amide bonds. The zero-order chi connectivity index (χ0) is 16.5. The molecule has 124 valence electrons. The highest BCUT2D eigenvalue weighted by molar-refractivity contribution is 5.37. The van der Waals surface area contributed by atoms with Crippen LogP contribution in [-0.2, 0) is 6.42 Å². The van der Waals surface area contributed by atoms with Crippen molar-refractivity contribution in [3.63, 3.8) is 0 Å². The van der Waals surface area contributed by atoms with Crippen molar-refractivity contribution >= 4 is 0 Å². The molecule has 23 heavy (non-hydrogen) atoms. The maximum Gasteiger partial charge on any atom is 0.122 e. The number of hydrogen-bond donors (Lipinski definition) is 1. The van der Waals surface area contributed by atoms with Gasteiger partial charge in [-0.15, -0.1) is 0 Å². The summed E-state index contributed by atoms with van der Waals surface area (Å²) in [5.41, 5.74) is 8.46. The minimum Gasteiger partial charge on any atom is -0.494 e. The number of para-hydroxylation sites is 1. The number of benzene rings is 2. The fourth-order valence-electron chi connectivity index (χ4n) is 2.65. The van der Waals surface area contributed by atoms with E-state index in [-0.39, 0.29) is 5.92 Å². The highest BCUT2D eigenvalue weighted by atomic mass is 16.5. The molecule has 2 rings (SSSR count). The second-order valence-electron chi connectivity index (χ2n) is 5.60. The van der Waals surface area contributed by atoms with E-state index in [1.165, 1.54) is 11.1 Å². The van der Waals surface area contributed by atoms with Gasteiger partial charge in [0, 0.05) is 5.92 Å². The fraction of sp³-hybridized carbons (Fsp3) is 0.400. The Morgan fingerprint density at radius 2 is 1.83 bits per heavy atom. The zero-order valence-corrected chi connectivity index (χ0v) is 14.1. The Labute approximate surface area is 139 Å². The lowest BCUT2D eigenvalue weighted by Crippen LogP contribution is -2.15. The highest BCUT2D eigenvalue weighted by Crippen LogP contribution is 2.28. The molecule has 2 N–H and O–H groups in total. The summed E-state index contributed by atoms with van der Waals surface area (Å²) in [5.74, 6) is 2.12. The van der Waals surface area contributed by atoms with Crippen LogP contribution in [0.3, 0.4) is 0 Å². The molecular weight excluding hydrogens is 286 g/mol. The molecule has 0 aliphatic rings. The minimum atomic E-state index is 0.252. The summed E-state index contributed by atoms with van der Waals surface area (Å²) >= 11 is 0. The second kappa shape index (κ2) is 9.21. The predicted molar refractivity (Wildman–Crippen MR) is 95.3 cm³/mol. The summed E-state index contributed by atoms with van der Waals surface area (Å²) in [7, 11) is 0. The molecule has 0 aliphatic heterocycles. The van der Waals surface area contributed by atoms with Gasteiger partial charge in [0.1, 0.15) is 11.5 Å². The Morgan fingerprint density at radius 3 is 2.57 bits per heavy atom. The van der Waals surface area contributed by atoms with Crippen molar-refractivity contribution < 1.29 is 9.47 Å². The summed E-state index contributed by atoms with van der Waals surface area (Å²) in [4.78, 5) is 0. The van der Waals surface area contributed by atoms with E-state index in [0.717, 1.165) is 30.9 Å². The minimum absolute atomic E-state index is 0.252. The lowest BCUT2D eigenvalue weighted by Gasteiger charge is -2.18. The van der Waals surface area contributed by atoms with Crippen molar-refractivity contribution in [1.29, 1.82) is 0 Å². The van der Waals surface area contributed by atoms with E-state index in [9.17, 15) is 0 Å². The molecule has 0 spiro atoms. The molecule has 3 nitrogen and oxygen atoms in total. The Morgan fingerprint density at radius 1 is 1.00 bits per heavy atom. The van der Waals surface area contributed by atoms with E-state index in [4.69, 9.17) is 15.2 Å². The van der Waals surface area contributed by atoms with Crippen molar-refractivity contribution in [3.05, 3.63) is 59.7 Å². The molecule has 3 heteroatoms. The number of nitrogens with two attached hydrogens (primary N) is 1. The molecule has 0 bridgehead atoms. The van der Waals surface area contributed by atoms with Gasteiger partial charge in [-0.1, -0.05) is 37.3 Å². The molecule has 2 aromatic rings. The zero-order valence-electron chi connectivity index (χ0n) is 14.1. The maximum absolute atomic E-state index is 6.05. The van der Waals surface area contributed by atoms with Crippen molar-refractivity contribution in [3.8, 4) is 11.5 Å². The standard InChI is InChI=1S/C20H27NO2/c1-3-12-23-19-10-7-9-16(14-19)18(15-21)13-17-8-5-6-11-20(17)22-4-2/h5-11,14,18H,3-4,12-13,15,21H2,1-2H3. The molecular formula is C20H27NO2. The molecule has 0 aliphatic carbocycles. The number of hydrogen-bond acceptors (Lipinski definition) is 3. The Hall–Kier alpha value is -2.00. The monoisotopic (exact) mass is 313 g/mol. The van der Waals surface area contributed by atoms with Gasteiger partial charge in [0.15, 0.2) is 0 Å². The van der Waals surface area contributed by atoms with E-state index < -0.39 is 0 Å². The summed E-state index contributed by atoms with van der Waals surface area (Å²) in [6.45, 7) is 6.12. The lowest BCUT2D eigenvalue weighted by atomic mass is 9.91. The van der Waals surface area contributed by atoms with Gasteiger partial charge < -0.3 is 15.2 Å². The average Bonchev–Trinajstić information content (AvgIpc) is 2.59. The topological polar surface area (TPSA) is 44.5 Å². The van der Waals surface area contributed by atoms with Crippen molar-refractivity contribution in [2.75, 3.05) is 19.8 Å². The molecule has 0 saturated heterocycles. The van der Waals surface area contributed by atoms with Crippen LogP contribution < -0.4 is 15.2 Å². The van der Waals surface area contributed by atoms with Gasteiger partial charge in [0.2, 0.25) is 0 Å². The SMILES string of the molecule is CCCOc1cccc(C(CN)Cc2ccccc2OCC)c1. The summed E-state index contributed by atoms with van der Waals surface area (Å²) in [6, 6.07) is 16.5. The van der Waals surface area contributed by atoms with Crippen LogP contribution >= 0.6 is 0 Å². The maximum atomic E-state index is 6.05. The molecule has 0 aromatic heterocycles.